The van der Waals surface area contributed by atoms with Gasteiger partial charge in [0.25, 0.3) is 0 Å². The second-order valence-corrected chi connectivity index (χ2v) is 10.4. The number of nitrogens with one attached hydrogen (secondary N) is 2. The number of rotatable bonds is 9. The first-order chi connectivity index (χ1) is 15.7. The smallest absolute Gasteiger partial charge is 0.243 e. The van der Waals surface area contributed by atoms with Gasteiger partial charge in [-0.2, -0.15) is 4.31 Å². The van der Waals surface area contributed by atoms with Gasteiger partial charge in [0.15, 0.2) is 0 Å². The summed E-state index contributed by atoms with van der Waals surface area (Å²) in [7, 11) is -1.73. The second-order valence-electron chi connectivity index (χ2n) is 8.52. The van der Waals surface area contributed by atoms with Crippen LogP contribution in [0.1, 0.15) is 19.4 Å². The molecule has 0 saturated carbocycles. The van der Waals surface area contributed by atoms with Gasteiger partial charge in [-0.25, -0.2) is 8.42 Å². The van der Waals surface area contributed by atoms with Crippen molar-refractivity contribution in [1.29, 1.82) is 0 Å². The minimum Gasteiger partial charge on any atom is -0.492 e. The first-order valence-corrected chi connectivity index (χ1v) is 12.6. The number of amides is 1. The van der Waals surface area contributed by atoms with E-state index in [1.807, 2.05) is 50.9 Å². The molecule has 1 aliphatic rings. The van der Waals surface area contributed by atoms with Crippen LogP contribution in [0.2, 0.25) is 0 Å². The lowest BCUT2D eigenvalue weighted by Crippen LogP contribution is -2.59. The normalized spacial score (nSPS) is 19.9. The van der Waals surface area contributed by atoms with Gasteiger partial charge in [-0.1, -0.05) is 24.3 Å². The van der Waals surface area contributed by atoms with E-state index in [9.17, 15) is 13.2 Å². The van der Waals surface area contributed by atoms with Gasteiger partial charge in [0, 0.05) is 43.5 Å². The minimum atomic E-state index is -3.59. The number of sulfonamides is 1. The first-order valence-electron chi connectivity index (χ1n) is 11.2. The van der Waals surface area contributed by atoms with Gasteiger partial charge in [0.05, 0.1) is 11.4 Å². The van der Waals surface area contributed by atoms with E-state index in [1.165, 1.54) is 0 Å². The Morgan fingerprint density at radius 1 is 1.09 bits per heavy atom. The van der Waals surface area contributed by atoms with Crippen molar-refractivity contribution < 1.29 is 17.9 Å². The Kier molecular flexibility index (Phi) is 8.47. The van der Waals surface area contributed by atoms with Crippen molar-refractivity contribution in [1.82, 2.24) is 14.5 Å². The minimum absolute atomic E-state index is 0.135. The molecule has 33 heavy (non-hydrogen) atoms. The first kappa shape index (κ1) is 25.2. The number of piperazine rings is 1. The standard InChI is InChI=1S/C24H34N4O4S/c1-18-10-11-21(32-13-12-25-4)14-23(18)26-24(29)17-27-15-19(2)28(20(3)16-27)33(30,31)22-8-6-5-7-9-22/h5-11,14,19-20,25H,12-13,15-17H2,1-4H3,(H,26,29). The van der Waals surface area contributed by atoms with Gasteiger partial charge in [-0.15, -0.1) is 0 Å². The number of aryl methyl sites for hydroxylation is 1. The van der Waals surface area contributed by atoms with E-state index in [1.54, 1.807) is 34.6 Å². The van der Waals surface area contributed by atoms with Gasteiger partial charge < -0.3 is 15.4 Å². The molecule has 2 aromatic carbocycles. The van der Waals surface area contributed by atoms with Gasteiger partial charge in [0.2, 0.25) is 15.9 Å². The molecule has 3 rings (SSSR count). The summed E-state index contributed by atoms with van der Waals surface area (Å²) in [5.74, 6) is 0.567. The zero-order valence-corrected chi connectivity index (χ0v) is 20.6. The summed E-state index contributed by atoms with van der Waals surface area (Å²) in [5, 5.41) is 6.01. The monoisotopic (exact) mass is 474 g/mol. The maximum absolute atomic E-state index is 13.2. The SMILES string of the molecule is CNCCOc1ccc(C)c(NC(=O)CN2CC(C)N(S(=O)(=O)c3ccccc3)C(C)C2)c1. The number of hydrogen-bond donors (Lipinski definition) is 2. The highest BCUT2D eigenvalue weighted by atomic mass is 32.2. The average Bonchev–Trinajstić information content (AvgIpc) is 2.76. The lowest BCUT2D eigenvalue weighted by molar-refractivity contribution is -0.118. The van der Waals surface area contributed by atoms with Crippen molar-refractivity contribution in [3.05, 3.63) is 54.1 Å². The van der Waals surface area contributed by atoms with E-state index < -0.39 is 10.0 Å². The van der Waals surface area contributed by atoms with Gasteiger partial charge in [-0.3, -0.25) is 9.69 Å². The number of likely N-dealkylation sites (N-methyl/N-ethyl adjacent to an activating group) is 1. The number of benzene rings is 2. The highest BCUT2D eigenvalue weighted by Crippen LogP contribution is 2.26. The molecule has 8 nitrogen and oxygen atoms in total. The Morgan fingerprint density at radius 2 is 1.76 bits per heavy atom. The molecule has 9 heteroatoms. The molecule has 2 aromatic rings. The number of hydrogen-bond acceptors (Lipinski definition) is 6. The molecule has 0 bridgehead atoms. The van der Waals surface area contributed by atoms with Crippen molar-refractivity contribution >= 4 is 21.6 Å². The van der Waals surface area contributed by atoms with Crippen molar-refractivity contribution in [3.8, 4) is 5.75 Å². The predicted octanol–water partition coefficient (Wildman–Crippen LogP) is 2.32. The van der Waals surface area contributed by atoms with Crippen LogP contribution in [0.15, 0.2) is 53.4 Å². The number of anilines is 1. The van der Waals surface area contributed by atoms with E-state index in [0.717, 1.165) is 12.1 Å². The molecule has 1 heterocycles. The van der Waals surface area contributed by atoms with Crippen LogP contribution in [0.4, 0.5) is 5.69 Å². The molecule has 1 aliphatic heterocycles. The highest BCUT2D eigenvalue weighted by Gasteiger charge is 2.38. The Morgan fingerprint density at radius 3 is 2.39 bits per heavy atom. The lowest BCUT2D eigenvalue weighted by Gasteiger charge is -2.43. The summed E-state index contributed by atoms with van der Waals surface area (Å²) in [5.41, 5.74) is 1.66. The predicted molar refractivity (Wildman–Crippen MR) is 130 cm³/mol. The molecule has 0 aliphatic carbocycles. The second kappa shape index (κ2) is 11.1. The Hall–Kier alpha value is -2.46. The molecule has 0 aromatic heterocycles. The third-order valence-electron chi connectivity index (χ3n) is 5.70. The van der Waals surface area contributed by atoms with Gasteiger partial charge >= 0.3 is 0 Å². The quantitative estimate of drug-likeness (QED) is 0.542. The molecule has 1 saturated heterocycles. The molecule has 0 radical (unpaired) electrons. The summed E-state index contributed by atoms with van der Waals surface area (Å²) < 4.78 is 33.6. The van der Waals surface area contributed by atoms with Crippen LogP contribution in [0.3, 0.4) is 0 Å². The molecule has 2 atom stereocenters. The van der Waals surface area contributed by atoms with Gasteiger partial charge in [-0.05, 0) is 51.6 Å². The molecule has 2 N–H and O–H groups in total. The number of ether oxygens (including phenoxy) is 1. The maximum atomic E-state index is 13.2. The van der Waals surface area contributed by atoms with Crippen molar-refractivity contribution in [2.75, 3.05) is 45.2 Å². The van der Waals surface area contributed by atoms with Crippen LogP contribution in [-0.4, -0.2) is 75.4 Å². The summed E-state index contributed by atoms with van der Waals surface area (Å²) in [6.07, 6.45) is 0. The lowest BCUT2D eigenvalue weighted by atomic mass is 10.1. The fourth-order valence-corrected chi connectivity index (χ4v) is 6.05. The van der Waals surface area contributed by atoms with Crippen molar-refractivity contribution in [2.45, 2.75) is 37.8 Å². The Labute approximate surface area is 197 Å². The Bertz CT molecular complexity index is 1030. The summed E-state index contributed by atoms with van der Waals surface area (Å²) >= 11 is 0. The fraction of sp³-hybridized carbons (Fsp3) is 0.458. The fourth-order valence-electron chi connectivity index (χ4n) is 4.22. The van der Waals surface area contributed by atoms with Crippen LogP contribution in [-0.2, 0) is 14.8 Å². The van der Waals surface area contributed by atoms with E-state index in [4.69, 9.17) is 4.74 Å². The van der Waals surface area contributed by atoms with E-state index >= 15 is 0 Å². The molecule has 180 valence electrons. The van der Waals surface area contributed by atoms with E-state index in [0.29, 0.717) is 36.0 Å². The summed E-state index contributed by atoms with van der Waals surface area (Å²) in [4.78, 5) is 15.1. The van der Waals surface area contributed by atoms with Crippen LogP contribution in [0.5, 0.6) is 5.75 Å². The Balaban J connectivity index is 1.62. The molecule has 1 fully saturated rings. The topological polar surface area (TPSA) is 91.0 Å². The summed E-state index contributed by atoms with van der Waals surface area (Å²) in [6.45, 7) is 8.14. The summed E-state index contributed by atoms with van der Waals surface area (Å²) in [6, 6.07) is 13.6. The van der Waals surface area contributed by atoms with Crippen LogP contribution in [0.25, 0.3) is 0 Å². The molecular weight excluding hydrogens is 440 g/mol. The molecular formula is C24H34N4O4S. The molecule has 2 unspecified atom stereocenters. The average molecular weight is 475 g/mol. The number of nitrogens with zero attached hydrogens (tertiary/aromatic N) is 2. The number of carbonyl (C=O) groups is 1. The number of carbonyl (C=O) groups excluding carboxylic acids is 1. The van der Waals surface area contributed by atoms with Crippen molar-refractivity contribution in [2.24, 2.45) is 0 Å². The third kappa shape index (κ3) is 6.32. The zero-order valence-electron chi connectivity index (χ0n) is 19.7. The van der Waals surface area contributed by atoms with Crippen LogP contribution in [0, 0.1) is 6.92 Å². The van der Waals surface area contributed by atoms with E-state index in [2.05, 4.69) is 10.6 Å². The van der Waals surface area contributed by atoms with Crippen LogP contribution >= 0.6 is 0 Å². The molecule has 0 spiro atoms. The van der Waals surface area contributed by atoms with Crippen LogP contribution < -0.4 is 15.4 Å². The molecule has 1 amide bonds. The highest BCUT2D eigenvalue weighted by molar-refractivity contribution is 7.89. The largest absolute Gasteiger partial charge is 0.492 e. The third-order valence-corrected chi connectivity index (χ3v) is 7.85. The van der Waals surface area contributed by atoms with Crippen molar-refractivity contribution in [3.63, 3.8) is 0 Å². The maximum Gasteiger partial charge on any atom is 0.243 e. The van der Waals surface area contributed by atoms with E-state index in [-0.39, 0.29) is 24.5 Å². The zero-order chi connectivity index (χ0) is 24.0. The van der Waals surface area contributed by atoms with Gasteiger partial charge in [0.1, 0.15) is 12.4 Å².